The number of aromatic nitrogens is 2. The highest BCUT2D eigenvalue weighted by molar-refractivity contribution is 5.93. The molecule has 1 amide bonds. The van der Waals surface area contributed by atoms with Gasteiger partial charge in [0.05, 0.1) is 12.8 Å². The van der Waals surface area contributed by atoms with Crippen LogP contribution in [0, 0.1) is 0 Å². The lowest BCUT2D eigenvalue weighted by molar-refractivity contribution is -0.119. The molecule has 0 radical (unpaired) electrons. The Morgan fingerprint density at radius 1 is 1.07 bits per heavy atom. The predicted molar refractivity (Wildman–Crippen MR) is 105 cm³/mol. The van der Waals surface area contributed by atoms with Crippen LogP contribution in [0.2, 0.25) is 0 Å². The Balaban J connectivity index is 1.87. The number of nitrogens with one attached hydrogen (secondary N) is 1. The van der Waals surface area contributed by atoms with Crippen LogP contribution in [0.15, 0.2) is 71.5 Å². The third kappa shape index (κ3) is 4.23. The van der Waals surface area contributed by atoms with E-state index in [1.807, 2.05) is 37.3 Å². The van der Waals surface area contributed by atoms with E-state index in [1.165, 1.54) is 10.7 Å². The molecule has 0 saturated carbocycles. The summed E-state index contributed by atoms with van der Waals surface area (Å²) in [7, 11) is 1.58. The normalized spacial score (nSPS) is 11.6. The molecule has 1 atom stereocenters. The fourth-order valence-electron chi connectivity index (χ4n) is 2.78. The van der Waals surface area contributed by atoms with Crippen LogP contribution >= 0.6 is 0 Å². The monoisotopic (exact) mass is 363 g/mol. The number of benzene rings is 2. The fourth-order valence-corrected chi connectivity index (χ4v) is 2.78. The first-order chi connectivity index (χ1) is 13.1. The van der Waals surface area contributed by atoms with Crippen molar-refractivity contribution in [2.75, 3.05) is 12.4 Å². The van der Waals surface area contributed by atoms with E-state index in [2.05, 4.69) is 10.4 Å². The number of hydrogen-bond donors (Lipinski definition) is 1. The molecule has 27 heavy (non-hydrogen) atoms. The molecule has 0 bridgehead atoms. The van der Waals surface area contributed by atoms with Gasteiger partial charge in [0, 0.05) is 17.3 Å². The molecule has 6 heteroatoms. The second-order valence-corrected chi connectivity index (χ2v) is 6.01. The minimum atomic E-state index is -0.705. The molecule has 0 aliphatic carbocycles. The van der Waals surface area contributed by atoms with E-state index in [4.69, 9.17) is 4.74 Å². The van der Waals surface area contributed by atoms with Gasteiger partial charge in [-0.25, -0.2) is 4.68 Å². The zero-order valence-corrected chi connectivity index (χ0v) is 15.3. The maximum Gasteiger partial charge on any atom is 0.267 e. The first-order valence-electron chi connectivity index (χ1n) is 8.72. The van der Waals surface area contributed by atoms with Crippen molar-refractivity contribution in [1.29, 1.82) is 0 Å². The van der Waals surface area contributed by atoms with Gasteiger partial charge in [-0.15, -0.1) is 0 Å². The van der Waals surface area contributed by atoms with Gasteiger partial charge in [-0.1, -0.05) is 37.3 Å². The Kier molecular flexibility index (Phi) is 5.66. The van der Waals surface area contributed by atoms with Crippen molar-refractivity contribution in [3.05, 3.63) is 77.1 Å². The topological polar surface area (TPSA) is 73.2 Å². The van der Waals surface area contributed by atoms with Gasteiger partial charge >= 0.3 is 0 Å². The van der Waals surface area contributed by atoms with Crippen molar-refractivity contribution in [2.24, 2.45) is 0 Å². The molecular weight excluding hydrogens is 342 g/mol. The third-order valence-electron chi connectivity index (χ3n) is 4.24. The number of carbonyl (C=O) groups is 1. The van der Waals surface area contributed by atoms with Gasteiger partial charge < -0.3 is 10.1 Å². The minimum Gasteiger partial charge on any atom is -0.497 e. The van der Waals surface area contributed by atoms with Gasteiger partial charge in [0.1, 0.15) is 11.8 Å². The lowest BCUT2D eigenvalue weighted by atomic mass is 10.1. The molecular formula is C21H21N3O3. The van der Waals surface area contributed by atoms with Crippen molar-refractivity contribution in [1.82, 2.24) is 9.78 Å². The molecule has 0 spiro atoms. The molecule has 0 aliphatic heterocycles. The minimum absolute atomic E-state index is 0.289. The third-order valence-corrected chi connectivity index (χ3v) is 4.24. The smallest absolute Gasteiger partial charge is 0.267 e. The van der Waals surface area contributed by atoms with Crippen LogP contribution in [0.4, 0.5) is 5.69 Å². The van der Waals surface area contributed by atoms with Crippen LogP contribution in [0.5, 0.6) is 5.75 Å². The molecule has 0 aliphatic rings. The van der Waals surface area contributed by atoms with Crippen molar-refractivity contribution in [2.45, 2.75) is 19.4 Å². The van der Waals surface area contributed by atoms with Crippen LogP contribution in [-0.2, 0) is 4.79 Å². The number of carbonyl (C=O) groups excluding carboxylic acids is 1. The zero-order valence-electron chi connectivity index (χ0n) is 15.3. The number of nitrogens with zero attached hydrogens (tertiary/aromatic N) is 2. The van der Waals surface area contributed by atoms with Gasteiger partial charge in [0.15, 0.2) is 0 Å². The van der Waals surface area contributed by atoms with E-state index in [9.17, 15) is 9.59 Å². The summed E-state index contributed by atoms with van der Waals surface area (Å²) in [6.45, 7) is 1.85. The van der Waals surface area contributed by atoms with E-state index >= 15 is 0 Å². The van der Waals surface area contributed by atoms with Crippen LogP contribution in [0.3, 0.4) is 0 Å². The fraction of sp³-hybridized carbons (Fsp3) is 0.190. The summed E-state index contributed by atoms with van der Waals surface area (Å²) in [5.74, 6) is 0.413. The maximum absolute atomic E-state index is 12.8. The Bertz CT molecular complexity index is 966. The van der Waals surface area contributed by atoms with Crippen LogP contribution in [0.25, 0.3) is 11.3 Å². The second kappa shape index (κ2) is 8.31. The standard InChI is InChI=1S/C21H21N3O3/c1-3-19(21(26)22-16-9-11-17(27-2)12-10-16)24-20(25)14-13-18(23-24)15-7-5-4-6-8-15/h4-14,19H,3H2,1-2H3,(H,22,26). The van der Waals surface area contributed by atoms with Crippen molar-refractivity contribution >= 4 is 11.6 Å². The highest BCUT2D eigenvalue weighted by Gasteiger charge is 2.21. The highest BCUT2D eigenvalue weighted by atomic mass is 16.5. The summed E-state index contributed by atoms with van der Waals surface area (Å²) in [5, 5.41) is 7.26. The van der Waals surface area contributed by atoms with E-state index in [1.54, 1.807) is 37.4 Å². The Morgan fingerprint density at radius 2 is 1.78 bits per heavy atom. The summed E-state index contributed by atoms with van der Waals surface area (Å²) in [5.41, 5.74) is 1.85. The summed E-state index contributed by atoms with van der Waals surface area (Å²) in [4.78, 5) is 25.1. The molecule has 0 fully saturated rings. The molecule has 6 nitrogen and oxygen atoms in total. The van der Waals surface area contributed by atoms with Crippen molar-refractivity contribution < 1.29 is 9.53 Å². The quantitative estimate of drug-likeness (QED) is 0.727. The molecule has 1 heterocycles. The molecule has 1 N–H and O–H groups in total. The first kappa shape index (κ1) is 18.4. The summed E-state index contributed by atoms with van der Waals surface area (Å²) >= 11 is 0. The van der Waals surface area contributed by atoms with Gasteiger partial charge in [-0.2, -0.15) is 5.10 Å². The van der Waals surface area contributed by atoms with Crippen molar-refractivity contribution in [3.63, 3.8) is 0 Å². The molecule has 1 aromatic heterocycles. The number of amides is 1. The number of rotatable bonds is 6. The lowest BCUT2D eigenvalue weighted by Crippen LogP contribution is -2.34. The SMILES string of the molecule is CCC(C(=O)Nc1ccc(OC)cc1)n1nc(-c2ccccc2)ccc1=O. The first-order valence-corrected chi connectivity index (χ1v) is 8.72. The molecule has 1 unspecified atom stereocenters. The molecule has 3 aromatic rings. The summed E-state index contributed by atoms with van der Waals surface area (Å²) in [6, 6.07) is 19.0. The van der Waals surface area contributed by atoms with Gasteiger partial charge in [-0.3, -0.25) is 9.59 Å². The van der Waals surface area contributed by atoms with Gasteiger partial charge in [-0.05, 0) is 36.8 Å². The maximum atomic E-state index is 12.8. The lowest BCUT2D eigenvalue weighted by Gasteiger charge is -2.17. The van der Waals surface area contributed by atoms with Crippen LogP contribution < -0.4 is 15.6 Å². The van der Waals surface area contributed by atoms with Crippen LogP contribution in [0.1, 0.15) is 19.4 Å². The molecule has 0 saturated heterocycles. The average molecular weight is 363 g/mol. The Labute approximate surface area is 157 Å². The van der Waals surface area contributed by atoms with Gasteiger partial charge in [0.25, 0.3) is 5.56 Å². The van der Waals surface area contributed by atoms with E-state index in [0.29, 0.717) is 23.6 Å². The van der Waals surface area contributed by atoms with Crippen molar-refractivity contribution in [3.8, 4) is 17.0 Å². The summed E-state index contributed by atoms with van der Waals surface area (Å²) in [6.07, 6.45) is 0.438. The predicted octanol–water partition coefficient (Wildman–Crippen LogP) is 3.51. The largest absolute Gasteiger partial charge is 0.497 e. The number of anilines is 1. The highest BCUT2D eigenvalue weighted by Crippen LogP contribution is 2.19. The van der Waals surface area contributed by atoms with Crippen LogP contribution in [-0.4, -0.2) is 22.8 Å². The van der Waals surface area contributed by atoms with E-state index < -0.39 is 6.04 Å². The Morgan fingerprint density at radius 3 is 2.41 bits per heavy atom. The zero-order chi connectivity index (χ0) is 19.2. The van der Waals surface area contributed by atoms with Gasteiger partial charge in [0.2, 0.25) is 5.91 Å². The number of methoxy groups -OCH3 is 1. The van der Waals surface area contributed by atoms with E-state index in [-0.39, 0.29) is 11.5 Å². The average Bonchev–Trinajstić information content (AvgIpc) is 2.71. The number of hydrogen-bond acceptors (Lipinski definition) is 4. The molecule has 2 aromatic carbocycles. The second-order valence-electron chi connectivity index (χ2n) is 6.01. The molecule has 3 rings (SSSR count). The van der Waals surface area contributed by atoms with E-state index in [0.717, 1.165) is 5.56 Å². The molecule has 138 valence electrons. The number of ether oxygens (including phenoxy) is 1. The summed E-state index contributed by atoms with van der Waals surface area (Å²) < 4.78 is 6.37. The Hall–Kier alpha value is -3.41.